The zero-order chi connectivity index (χ0) is 16.8. The van der Waals surface area contributed by atoms with Crippen molar-refractivity contribution in [3.63, 3.8) is 0 Å². The molecular weight excluding hydrogens is 319 g/mol. The second-order valence-corrected chi connectivity index (χ2v) is 6.05. The SMILES string of the molecule is CCCn1c(SCC(=O)NCc2ccc(C)c(F)c2)n[nH]c1=O. The summed E-state index contributed by atoms with van der Waals surface area (Å²) in [5.74, 6) is -0.344. The van der Waals surface area contributed by atoms with E-state index in [2.05, 4.69) is 15.5 Å². The molecule has 2 N–H and O–H groups in total. The van der Waals surface area contributed by atoms with Gasteiger partial charge in [-0.05, 0) is 30.5 Å². The first-order chi connectivity index (χ1) is 11.0. The number of nitrogens with zero attached hydrogens (tertiary/aromatic N) is 2. The summed E-state index contributed by atoms with van der Waals surface area (Å²) in [5, 5.41) is 9.50. The fraction of sp³-hybridized carbons (Fsp3) is 0.400. The van der Waals surface area contributed by atoms with E-state index in [1.807, 2.05) is 6.92 Å². The second-order valence-electron chi connectivity index (χ2n) is 5.11. The first kappa shape index (κ1) is 17.3. The third kappa shape index (κ3) is 4.69. The first-order valence-corrected chi connectivity index (χ1v) is 8.29. The number of thioether (sulfide) groups is 1. The number of carbonyl (C=O) groups is 1. The van der Waals surface area contributed by atoms with E-state index in [-0.39, 0.29) is 29.7 Å². The molecule has 0 saturated heterocycles. The number of aromatic nitrogens is 3. The van der Waals surface area contributed by atoms with E-state index in [9.17, 15) is 14.0 Å². The quantitative estimate of drug-likeness (QED) is 0.755. The number of H-pyrrole nitrogens is 1. The topological polar surface area (TPSA) is 79.8 Å². The number of benzene rings is 1. The lowest BCUT2D eigenvalue weighted by molar-refractivity contribution is -0.118. The summed E-state index contributed by atoms with van der Waals surface area (Å²) < 4.78 is 14.9. The lowest BCUT2D eigenvalue weighted by Crippen LogP contribution is -2.25. The van der Waals surface area contributed by atoms with Crippen molar-refractivity contribution in [1.29, 1.82) is 0 Å². The van der Waals surface area contributed by atoms with Gasteiger partial charge in [0.05, 0.1) is 5.75 Å². The Labute approximate surface area is 137 Å². The molecule has 0 bridgehead atoms. The highest BCUT2D eigenvalue weighted by molar-refractivity contribution is 7.99. The van der Waals surface area contributed by atoms with Crippen molar-refractivity contribution >= 4 is 17.7 Å². The normalized spacial score (nSPS) is 10.7. The van der Waals surface area contributed by atoms with Crippen molar-refractivity contribution in [3.05, 3.63) is 45.6 Å². The highest BCUT2D eigenvalue weighted by Gasteiger charge is 2.10. The molecule has 2 rings (SSSR count). The van der Waals surface area contributed by atoms with E-state index < -0.39 is 0 Å². The Hall–Kier alpha value is -2.09. The summed E-state index contributed by atoms with van der Waals surface area (Å²) in [5.41, 5.74) is 1.00. The Kier molecular flexibility index (Phi) is 5.97. The molecule has 0 atom stereocenters. The van der Waals surface area contributed by atoms with Crippen LogP contribution in [0, 0.1) is 12.7 Å². The minimum Gasteiger partial charge on any atom is -0.351 e. The molecule has 0 unspecified atom stereocenters. The van der Waals surface area contributed by atoms with E-state index >= 15 is 0 Å². The van der Waals surface area contributed by atoms with Crippen LogP contribution in [0.5, 0.6) is 0 Å². The van der Waals surface area contributed by atoms with Crippen LogP contribution in [0.3, 0.4) is 0 Å². The van der Waals surface area contributed by atoms with Gasteiger partial charge in [-0.3, -0.25) is 9.36 Å². The highest BCUT2D eigenvalue weighted by atomic mass is 32.2. The summed E-state index contributed by atoms with van der Waals surface area (Å²) in [4.78, 5) is 23.4. The van der Waals surface area contributed by atoms with E-state index in [0.29, 0.717) is 22.8 Å². The first-order valence-electron chi connectivity index (χ1n) is 7.31. The van der Waals surface area contributed by atoms with Crippen molar-refractivity contribution in [2.24, 2.45) is 0 Å². The molecule has 1 aromatic carbocycles. The molecule has 0 spiro atoms. The Morgan fingerprint density at radius 2 is 2.26 bits per heavy atom. The average Bonchev–Trinajstić information content (AvgIpc) is 2.87. The summed E-state index contributed by atoms with van der Waals surface area (Å²) in [6.07, 6.45) is 0.804. The molecule has 0 aliphatic carbocycles. The lowest BCUT2D eigenvalue weighted by Gasteiger charge is -2.07. The van der Waals surface area contributed by atoms with E-state index in [0.717, 1.165) is 6.42 Å². The molecular formula is C15H19FN4O2S. The Balaban J connectivity index is 1.85. The van der Waals surface area contributed by atoms with Gasteiger partial charge in [0.25, 0.3) is 0 Å². The molecule has 8 heteroatoms. The van der Waals surface area contributed by atoms with Gasteiger partial charge in [0.15, 0.2) is 5.16 Å². The molecule has 0 aliphatic heterocycles. The minimum absolute atomic E-state index is 0.141. The monoisotopic (exact) mass is 338 g/mol. The van der Waals surface area contributed by atoms with Gasteiger partial charge < -0.3 is 5.32 Å². The van der Waals surface area contributed by atoms with E-state index in [4.69, 9.17) is 0 Å². The number of amides is 1. The van der Waals surface area contributed by atoms with Gasteiger partial charge in [-0.2, -0.15) is 0 Å². The Morgan fingerprint density at radius 1 is 1.48 bits per heavy atom. The van der Waals surface area contributed by atoms with Crippen molar-refractivity contribution in [3.8, 4) is 0 Å². The van der Waals surface area contributed by atoms with Crippen molar-refractivity contribution in [2.45, 2.75) is 38.5 Å². The van der Waals surface area contributed by atoms with Crippen LogP contribution < -0.4 is 11.0 Å². The van der Waals surface area contributed by atoms with Gasteiger partial charge in [-0.1, -0.05) is 30.8 Å². The maximum Gasteiger partial charge on any atom is 0.343 e. The molecule has 1 heterocycles. The third-order valence-corrected chi connectivity index (χ3v) is 4.21. The zero-order valence-corrected chi connectivity index (χ0v) is 13.9. The maximum absolute atomic E-state index is 13.4. The molecule has 124 valence electrons. The number of rotatable bonds is 7. The number of halogens is 1. The Morgan fingerprint density at radius 3 is 2.96 bits per heavy atom. The van der Waals surface area contributed by atoms with E-state index in [1.165, 1.54) is 22.4 Å². The molecule has 0 saturated carbocycles. The molecule has 0 radical (unpaired) electrons. The van der Waals surface area contributed by atoms with Crippen LogP contribution >= 0.6 is 11.8 Å². The standard InChI is InChI=1S/C15H19FN4O2S/c1-3-6-20-14(22)18-19-15(20)23-9-13(21)17-8-11-5-4-10(2)12(16)7-11/h4-5,7H,3,6,8-9H2,1-2H3,(H,17,21)(H,18,22). The summed E-state index contributed by atoms with van der Waals surface area (Å²) in [6.45, 7) is 4.47. The zero-order valence-electron chi connectivity index (χ0n) is 13.1. The van der Waals surface area contributed by atoms with Gasteiger partial charge in [0, 0.05) is 13.1 Å². The van der Waals surface area contributed by atoms with Crippen LogP contribution in [-0.2, 0) is 17.9 Å². The van der Waals surface area contributed by atoms with E-state index in [1.54, 1.807) is 19.1 Å². The van der Waals surface area contributed by atoms with Crippen LogP contribution in [0.1, 0.15) is 24.5 Å². The number of aryl methyl sites for hydroxylation is 1. The molecule has 0 fully saturated rings. The number of aromatic amines is 1. The number of hydrogen-bond acceptors (Lipinski definition) is 4. The summed E-state index contributed by atoms with van der Waals surface area (Å²) in [7, 11) is 0. The summed E-state index contributed by atoms with van der Waals surface area (Å²) in [6, 6.07) is 4.87. The van der Waals surface area contributed by atoms with Crippen molar-refractivity contribution < 1.29 is 9.18 Å². The van der Waals surface area contributed by atoms with Crippen molar-refractivity contribution in [1.82, 2.24) is 20.1 Å². The molecule has 6 nitrogen and oxygen atoms in total. The highest BCUT2D eigenvalue weighted by Crippen LogP contribution is 2.13. The van der Waals surface area contributed by atoms with Crippen LogP contribution in [0.2, 0.25) is 0 Å². The number of nitrogens with one attached hydrogen (secondary N) is 2. The molecule has 23 heavy (non-hydrogen) atoms. The van der Waals surface area contributed by atoms with Gasteiger partial charge in [0.1, 0.15) is 5.82 Å². The smallest absolute Gasteiger partial charge is 0.343 e. The molecule has 2 aromatic rings. The fourth-order valence-corrected chi connectivity index (χ4v) is 2.76. The van der Waals surface area contributed by atoms with Gasteiger partial charge >= 0.3 is 5.69 Å². The molecule has 0 aliphatic rings. The third-order valence-electron chi connectivity index (χ3n) is 3.23. The lowest BCUT2D eigenvalue weighted by atomic mass is 10.1. The second kappa shape index (κ2) is 7.96. The average molecular weight is 338 g/mol. The molecule has 1 amide bonds. The summed E-state index contributed by atoms with van der Waals surface area (Å²) >= 11 is 1.19. The Bertz CT molecular complexity index is 741. The maximum atomic E-state index is 13.4. The van der Waals surface area contributed by atoms with Crippen LogP contribution in [0.25, 0.3) is 0 Å². The minimum atomic E-state index is -0.286. The van der Waals surface area contributed by atoms with Crippen LogP contribution in [-0.4, -0.2) is 26.4 Å². The fourth-order valence-electron chi connectivity index (χ4n) is 1.96. The van der Waals surface area contributed by atoms with Crippen LogP contribution in [0.4, 0.5) is 4.39 Å². The van der Waals surface area contributed by atoms with Gasteiger partial charge in [-0.15, -0.1) is 5.10 Å². The predicted molar refractivity (Wildman–Crippen MR) is 86.8 cm³/mol. The van der Waals surface area contributed by atoms with Gasteiger partial charge in [-0.25, -0.2) is 14.3 Å². The predicted octanol–water partition coefficient (Wildman–Crippen LogP) is 1.84. The van der Waals surface area contributed by atoms with Crippen LogP contribution in [0.15, 0.2) is 28.2 Å². The largest absolute Gasteiger partial charge is 0.351 e. The molecule has 1 aromatic heterocycles. The van der Waals surface area contributed by atoms with Crippen molar-refractivity contribution in [2.75, 3.05) is 5.75 Å². The number of carbonyl (C=O) groups excluding carboxylic acids is 1. The van der Waals surface area contributed by atoms with Gasteiger partial charge in [0.2, 0.25) is 5.91 Å². The number of hydrogen-bond donors (Lipinski definition) is 2.